The van der Waals surface area contributed by atoms with E-state index in [1.54, 1.807) is 0 Å². The van der Waals surface area contributed by atoms with E-state index in [-0.39, 0.29) is 11.9 Å². The van der Waals surface area contributed by atoms with E-state index < -0.39 is 0 Å². The molecule has 0 N–H and O–H groups in total. The summed E-state index contributed by atoms with van der Waals surface area (Å²) in [4.78, 5) is 12.1. The smallest absolute Gasteiger partial charge is 0.313 e. The van der Waals surface area contributed by atoms with Crippen molar-refractivity contribution in [1.82, 2.24) is 0 Å². The van der Waals surface area contributed by atoms with Gasteiger partial charge in [0.1, 0.15) is 12.4 Å². The van der Waals surface area contributed by atoms with Crippen LogP contribution >= 0.6 is 0 Å². The lowest BCUT2D eigenvalue weighted by atomic mass is 9.83. The maximum atomic E-state index is 12.1. The highest BCUT2D eigenvalue weighted by molar-refractivity contribution is 5.84. The zero-order chi connectivity index (χ0) is 19.5. The van der Waals surface area contributed by atoms with Gasteiger partial charge in [0.15, 0.2) is 0 Å². The normalized spacial score (nSPS) is 15.5. The number of benzene rings is 3. The van der Waals surface area contributed by atoms with Gasteiger partial charge in [-0.05, 0) is 77.1 Å². The highest BCUT2D eigenvalue weighted by Gasteiger charge is 2.27. The summed E-state index contributed by atoms with van der Waals surface area (Å²) in [6, 6.07) is 19.9. The molecule has 0 amide bonds. The molecule has 1 atom stereocenters. The fourth-order valence-electron chi connectivity index (χ4n) is 3.88. The van der Waals surface area contributed by atoms with Crippen molar-refractivity contribution in [3.05, 3.63) is 76.9 Å². The number of ether oxygens (including phenoxy) is 2. The first-order valence-corrected chi connectivity index (χ1v) is 9.44. The van der Waals surface area contributed by atoms with Crippen LogP contribution in [-0.4, -0.2) is 13.1 Å². The molecule has 3 aromatic rings. The van der Waals surface area contributed by atoms with Crippen LogP contribution in [0.15, 0.2) is 54.6 Å². The summed E-state index contributed by atoms with van der Waals surface area (Å²) < 4.78 is 11.0. The second kappa shape index (κ2) is 7.74. The molecule has 0 bridgehead atoms. The molecule has 3 aromatic carbocycles. The Balaban J connectivity index is 1.53. The number of nitriles is 1. The van der Waals surface area contributed by atoms with Gasteiger partial charge in [-0.1, -0.05) is 24.3 Å². The molecule has 0 radical (unpaired) electrons. The molecule has 4 heteroatoms. The van der Waals surface area contributed by atoms with Crippen molar-refractivity contribution in [2.45, 2.75) is 31.8 Å². The number of carbonyl (C=O) groups is 1. The van der Waals surface area contributed by atoms with Crippen LogP contribution in [0.1, 0.15) is 41.0 Å². The third-order valence-corrected chi connectivity index (χ3v) is 5.36. The van der Waals surface area contributed by atoms with E-state index in [0.717, 1.165) is 46.9 Å². The average molecular weight is 371 g/mol. The average Bonchev–Trinajstić information content (AvgIpc) is 2.76. The van der Waals surface area contributed by atoms with Crippen molar-refractivity contribution in [3.8, 4) is 11.8 Å². The maximum Gasteiger partial charge on any atom is 0.313 e. The summed E-state index contributed by atoms with van der Waals surface area (Å²) >= 11 is 0. The van der Waals surface area contributed by atoms with Crippen molar-refractivity contribution < 1.29 is 14.3 Å². The summed E-state index contributed by atoms with van der Waals surface area (Å²) in [6.07, 6.45) is 2.80. The zero-order valence-corrected chi connectivity index (χ0v) is 15.8. The minimum Gasteiger partial charge on any atom is -0.489 e. The summed E-state index contributed by atoms with van der Waals surface area (Å²) in [5, 5.41) is 11.1. The first-order chi connectivity index (χ1) is 13.7. The van der Waals surface area contributed by atoms with Crippen LogP contribution in [0.4, 0.5) is 0 Å². The summed E-state index contributed by atoms with van der Waals surface area (Å²) in [7, 11) is 1.44. The predicted octanol–water partition coefficient (Wildman–Crippen LogP) is 4.88. The number of esters is 1. The third kappa shape index (κ3) is 3.57. The molecule has 1 unspecified atom stereocenters. The Labute approximate surface area is 164 Å². The molecule has 0 heterocycles. The van der Waals surface area contributed by atoms with E-state index in [2.05, 4.69) is 18.2 Å². The molecule has 0 fully saturated rings. The number of nitrogens with zero attached hydrogens (tertiary/aromatic N) is 1. The van der Waals surface area contributed by atoms with Gasteiger partial charge < -0.3 is 9.47 Å². The Morgan fingerprint density at radius 1 is 1.11 bits per heavy atom. The lowest BCUT2D eigenvalue weighted by Crippen LogP contribution is -2.19. The minimum absolute atomic E-state index is 0.177. The highest BCUT2D eigenvalue weighted by atomic mass is 16.5. The van der Waals surface area contributed by atoms with E-state index in [1.807, 2.05) is 42.5 Å². The Kier molecular flexibility index (Phi) is 4.99. The molecule has 4 rings (SSSR count). The number of hydrogen-bond donors (Lipinski definition) is 0. The van der Waals surface area contributed by atoms with Crippen molar-refractivity contribution in [3.63, 3.8) is 0 Å². The van der Waals surface area contributed by atoms with E-state index in [4.69, 9.17) is 14.7 Å². The van der Waals surface area contributed by atoms with Crippen molar-refractivity contribution >= 4 is 16.7 Å². The Morgan fingerprint density at radius 3 is 2.75 bits per heavy atom. The quantitative estimate of drug-likeness (QED) is 0.613. The molecule has 140 valence electrons. The molecule has 28 heavy (non-hydrogen) atoms. The zero-order valence-electron chi connectivity index (χ0n) is 15.8. The summed E-state index contributed by atoms with van der Waals surface area (Å²) in [5.41, 5.74) is 3.94. The maximum absolute atomic E-state index is 12.1. The largest absolute Gasteiger partial charge is 0.489 e. The molecule has 0 saturated heterocycles. The lowest BCUT2D eigenvalue weighted by molar-refractivity contribution is -0.142. The van der Waals surface area contributed by atoms with E-state index in [1.165, 1.54) is 12.7 Å². The second-order valence-corrected chi connectivity index (χ2v) is 7.13. The molecule has 0 aromatic heterocycles. The van der Waals surface area contributed by atoms with Crippen molar-refractivity contribution in [2.75, 3.05) is 7.11 Å². The number of rotatable bonds is 4. The molecule has 1 aliphatic rings. The van der Waals surface area contributed by atoms with Crippen molar-refractivity contribution in [1.29, 1.82) is 5.26 Å². The SMILES string of the molecule is COC(=O)C1CCCc2ccc(OCc3ccc4cc(C#N)ccc4c3)cc21. The minimum atomic E-state index is -0.202. The molecular weight excluding hydrogens is 350 g/mol. The second-order valence-electron chi connectivity index (χ2n) is 7.13. The first kappa shape index (κ1) is 18.1. The van der Waals surface area contributed by atoms with Gasteiger partial charge in [0, 0.05) is 0 Å². The van der Waals surface area contributed by atoms with Crippen LogP contribution < -0.4 is 4.74 Å². The van der Waals surface area contributed by atoms with E-state index in [9.17, 15) is 4.79 Å². The van der Waals surface area contributed by atoms with Crippen LogP contribution in [0, 0.1) is 11.3 Å². The number of fused-ring (bicyclic) bond motifs is 2. The fourth-order valence-corrected chi connectivity index (χ4v) is 3.88. The summed E-state index contributed by atoms with van der Waals surface area (Å²) in [6.45, 7) is 0.442. The van der Waals surface area contributed by atoms with Gasteiger partial charge in [0.2, 0.25) is 0 Å². The van der Waals surface area contributed by atoms with E-state index in [0.29, 0.717) is 12.2 Å². The molecular formula is C24H21NO3. The molecule has 0 aliphatic heterocycles. The van der Waals surface area contributed by atoms with Gasteiger partial charge in [0.05, 0.1) is 24.7 Å². The topological polar surface area (TPSA) is 59.3 Å². The van der Waals surface area contributed by atoms with Crippen LogP contribution in [0.25, 0.3) is 10.8 Å². The van der Waals surface area contributed by atoms with Crippen LogP contribution in [0.3, 0.4) is 0 Å². The van der Waals surface area contributed by atoms with Gasteiger partial charge in [-0.15, -0.1) is 0 Å². The predicted molar refractivity (Wildman–Crippen MR) is 107 cm³/mol. The van der Waals surface area contributed by atoms with Crippen molar-refractivity contribution in [2.24, 2.45) is 0 Å². The van der Waals surface area contributed by atoms with Crippen LogP contribution in [-0.2, 0) is 22.6 Å². The highest BCUT2D eigenvalue weighted by Crippen LogP contribution is 2.35. The monoisotopic (exact) mass is 371 g/mol. The van der Waals surface area contributed by atoms with E-state index >= 15 is 0 Å². The number of hydrogen-bond acceptors (Lipinski definition) is 4. The standard InChI is InChI=1S/C24H21NO3/c1-27-24(26)22-4-2-3-18-9-10-21(13-23(18)22)28-15-17-6-8-19-11-16(14-25)5-7-20(19)12-17/h5-13,22H,2-4,15H2,1H3. The number of methoxy groups -OCH3 is 1. The number of carbonyl (C=O) groups excluding carboxylic acids is 1. The Morgan fingerprint density at radius 2 is 1.93 bits per heavy atom. The first-order valence-electron chi connectivity index (χ1n) is 9.44. The van der Waals surface area contributed by atoms with Crippen LogP contribution in [0.5, 0.6) is 5.75 Å². The third-order valence-electron chi connectivity index (χ3n) is 5.36. The van der Waals surface area contributed by atoms with Gasteiger partial charge in [-0.3, -0.25) is 4.79 Å². The fraction of sp³-hybridized carbons (Fsp3) is 0.250. The van der Waals surface area contributed by atoms with Gasteiger partial charge >= 0.3 is 5.97 Å². The molecule has 1 aliphatic carbocycles. The Hall–Kier alpha value is -3.32. The molecule has 0 spiro atoms. The van der Waals surface area contributed by atoms with Gasteiger partial charge in [-0.2, -0.15) is 5.26 Å². The molecule has 4 nitrogen and oxygen atoms in total. The molecule has 0 saturated carbocycles. The summed E-state index contributed by atoms with van der Waals surface area (Å²) in [5.74, 6) is 0.381. The van der Waals surface area contributed by atoms with Gasteiger partial charge in [-0.25, -0.2) is 0 Å². The van der Waals surface area contributed by atoms with Crippen LogP contribution in [0.2, 0.25) is 0 Å². The van der Waals surface area contributed by atoms with Gasteiger partial charge in [0.25, 0.3) is 0 Å². The lowest BCUT2D eigenvalue weighted by Gasteiger charge is -2.24. The Bertz CT molecular complexity index is 1080. The number of aryl methyl sites for hydroxylation is 1.